The first-order chi connectivity index (χ1) is 9.81. The first kappa shape index (κ1) is 15.3. The van der Waals surface area contributed by atoms with Gasteiger partial charge in [0.25, 0.3) is 0 Å². The summed E-state index contributed by atoms with van der Waals surface area (Å²) in [6.45, 7) is 6.99. The molecule has 0 amide bonds. The molecule has 1 aromatic heterocycles. The number of hydrogen-bond acceptors (Lipinski definition) is 3. The maximum atomic E-state index is 5.97. The highest BCUT2D eigenvalue weighted by Gasteiger charge is 2.14. The smallest absolute Gasteiger partial charge is 0.213 e. The Morgan fingerprint density at radius 2 is 2.00 bits per heavy atom. The van der Waals surface area contributed by atoms with Crippen LogP contribution >= 0.6 is 0 Å². The predicted molar refractivity (Wildman–Crippen MR) is 83.1 cm³/mol. The number of nitrogens with one attached hydrogen (secondary N) is 1. The van der Waals surface area contributed by atoms with Gasteiger partial charge in [-0.3, -0.25) is 0 Å². The highest BCUT2D eigenvalue weighted by Crippen LogP contribution is 2.24. The molecule has 1 aromatic rings. The molecule has 20 heavy (non-hydrogen) atoms. The summed E-state index contributed by atoms with van der Waals surface area (Å²) >= 11 is 0. The van der Waals surface area contributed by atoms with Gasteiger partial charge in [0.15, 0.2) is 0 Å². The number of ether oxygens (including phenoxy) is 1. The number of aryl methyl sites for hydroxylation is 1. The molecule has 3 heteroatoms. The quantitative estimate of drug-likeness (QED) is 0.824. The zero-order valence-corrected chi connectivity index (χ0v) is 13.0. The Morgan fingerprint density at radius 3 is 2.70 bits per heavy atom. The maximum Gasteiger partial charge on any atom is 0.213 e. The van der Waals surface area contributed by atoms with Gasteiger partial charge in [-0.1, -0.05) is 33.1 Å². The van der Waals surface area contributed by atoms with E-state index in [0.29, 0.717) is 0 Å². The largest absolute Gasteiger partial charge is 0.477 e. The second kappa shape index (κ2) is 8.25. The minimum absolute atomic E-state index is 0.730. The summed E-state index contributed by atoms with van der Waals surface area (Å²) in [5.41, 5.74) is 2.40. The Hall–Kier alpha value is -1.09. The van der Waals surface area contributed by atoms with Crippen molar-refractivity contribution in [1.29, 1.82) is 0 Å². The lowest BCUT2D eigenvalue weighted by molar-refractivity contribution is 0.202. The van der Waals surface area contributed by atoms with E-state index in [4.69, 9.17) is 4.74 Å². The molecule has 0 radical (unpaired) electrons. The van der Waals surface area contributed by atoms with Crippen LogP contribution in [0.15, 0.2) is 12.1 Å². The zero-order valence-electron chi connectivity index (χ0n) is 13.0. The summed E-state index contributed by atoms with van der Waals surface area (Å²) in [4.78, 5) is 4.59. The Kier molecular flexibility index (Phi) is 6.31. The number of hydrogen-bond donors (Lipinski definition) is 1. The monoisotopic (exact) mass is 276 g/mol. The molecule has 3 nitrogen and oxygen atoms in total. The standard InChI is InChI=1S/C17H28N2O/c1-3-16-10-15(12-18-4-2)11-17(19-16)20-13-14-8-6-5-7-9-14/h10-11,14,18H,3-9,12-13H2,1-2H3. The molecule has 1 fully saturated rings. The van der Waals surface area contributed by atoms with Crippen LogP contribution in [-0.2, 0) is 13.0 Å². The fraction of sp³-hybridized carbons (Fsp3) is 0.706. The molecule has 0 unspecified atom stereocenters. The summed E-state index contributed by atoms with van der Waals surface area (Å²) in [6, 6.07) is 4.26. The number of nitrogens with zero attached hydrogens (tertiary/aromatic N) is 1. The molecule has 0 saturated heterocycles. The first-order valence-electron chi connectivity index (χ1n) is 8.15. The number of aromatic nitrogens is 1. The molecule has 2 rings (SSSR count). The van der Waals surface area contributed by atoms with Crippen molar-refractivity contribution < 1.29 is 4.74 Å². The van der Waals surface area contributed by atoms with Crippen molar-refractivity contribution >= 4 is 0 Å². The van der Waals surface area contributed by atoms with Crippen LogP contribution in [0.4, 0.5) is 0 Å². The highest BCUT2D eigenvalue weighted by atomic mass is 16.5. The lowest BCUT2D eigenvalue weighted by Gasteiger charge is -2.21. The summed E-state index contributed by atoms with van der Waals surface area (Å²) in [7, 11) is 0. The van der Waals surface area contributed by atoms with Crippen LogP contribution in [0.1, 0.15) is 57.2 Å². The SMILES string of the molecule is CCNCc1cc(CC)nc(OCC2CCCCC2)c1. The van der Waals surface area contributed by atoms with Gasteiger partial charge in [0.2, 0.25) is 5.88 Å². The molecule has 1 aliphatic rings. The van der Waals surface area contributed by atoms with Gasteiger partial charge in [0.05, 0.1) is 6.61 Å². The van der Waals surface area contributed by atoms with Gasteiger partial charge < -0.3 is 10.1 Å². The van der Waals surface area contributed by atoms with E-state index in [9.17, 15) is 0 Å². The molecule has 1 saturated carbocycles. The summed E-state index contributed by atoms with van der Waals surface area (Å²) in [5, 5.41) is 3.37. The van der Waals surface area contributed by atoms with Crippen LogP contribution in [0, 0.1) is 5.92 Å². The highest BCUT2D eigenvalue weighted by molar-refractivity contribution is 5.25. The molecule has 112 valence electrons. The Labute approximate surface area is 123 Å². The molecular formula is C17H28N2O. The fourth-order valence-electron chi connectivity index (χ4n) is 2.80. The van der Waals surface area contributed by atoms with Gasteiger partial charge in [0.1, 0.15) is 0 Å². The third-order valence-corrected chi connectivity index (χ3v) is 4.05. The van der Waals surface area contributed by atoms with Crippen molar-refractivity contribution in [2.45, 2.75) is 58.9 Å². The third-order valence-electron chi connectivity index (χ3n) is 4.05. The van der Waals surface area contributed by atoms with E-state index in [1.54, 1.807) is 0 Å². The van der Waals surface area contributed by atoms with Crippen molar-refractivity contribution in [2.24, 2.45) is 5.92 Å². The molecule has 1 N–H and O–H groups in total. The van der Waals surface area contributed by atoms with E-state index in [1.807, 2.05) is 0 Å². The maximum absolute atomic E-state index is 5.97. The van der Waals surface area contributed by atoms with Crippen LogP contribution in [0.2, 0.25) is 0 Å². The van der Waals surface area contributed by atoms with Crippen molar-refractivity contribution in [3.63, 3.8) is 0 Å². The van der Waals surface area contributed by atoms with Crippen LogP contribution in [0.5, 0.6) is 5.88 Å². The third kappa shape index (κ3) is 4.78. The van der Waals surface area contributed by atoms with E-state index in [0.717, 1.165) is 43.6 Å². The number of rotatable bonds is 7. The van der Waals surface area contributed by atoms with E-state index in [-0.39, 0.29) is 0 Å². The van der Waals surface area contributed by atoms with Gasteiger partial charge in [-0.05, 0) is 43.4 Å². The Morgan fingerprint density at radius 1 is 1.20 bits per heavy atom. The predicted octanol–water partition coefficient (Wildman–Crippen LogP) is 3.71. The molecule has 1 heterocycles. The van der Waals surface area contributed by atoms with Crippen molar-refractivity contribution in [2.75, 3.05) is 13.2 Å². The molecule has 0 aromatic carbocycles. The lowest BCUT2D eigenvalue weighted by Crippen LogP contribution is -2.16. The average Bonchev–Trinajstić information content (AvgIpc) is 2.51. The van der Waals surface area contributed by atoms with Crippen LogP contribution in [0.3, 0.4) is 0 Å². The Balaban J connectivity index is 1.94. The van der Waals surface area contributed by atoms with Gasteiger partial charge in [-0.15, -0.1) is 0 Å². The van der Waals surface area contributed by atoms with E-state index < -0.39 is 0 Å². The topological polar surface area (TPSA) is 34.2 Å². The fourth-order valence-corrected chi connectivity index (χ4v) is 2.80. The summed E-state index contributed by atoms with van der Waals surface area (Å²) in [5.74, 6) is 1.54. The molecular weight excluding hydrogens is 248 g/mol. The van der Waals surface area contributed by atoms with Gasteiger partial charge in [-0.2, -0.15) is 0 Å². The van der Waals surface area contributed by atoms with Crippen molar-refractivity contribution in [1.82, 2.24) is 10.3 Å². The second-order valence-electron chi connectivity index (χ2n) is 5.75. The van der Waals surface area contributed by atoms with Crippen LogP contribution < -0.4 is 10.1 Å². The Bertz CT molecular complexity index is 400. The molecule has 0 aliphatic heterocycles. The van der Waals surface area contributed by atoms with Crippen molar-refractivity contribution in [3.8, 4) is 5.88 Å². The minimum Gasteiger partial charge on any atom is -0.477 e. The zero-order chi connectivity index (χ0) is 14.2. The van der Waals surface area contributed by atoms with Crippen molar-refractivity contribution in [3.05, 3.63) is 23.4 Å². The van der Waals surface area contributed by atoms with Gasteiger partial charge in [-0.25, -0.2) is 4.98 Å². The number of pyridine rings is 1. The van der Waals surface area contributed by atoms with Gasteiger partial charge >= 0.3 is 0 Å². The second-order valence-corrected chi connectivity index (χ2v) is 5.75. The molecule has 1 aliphatic carbocycles. The molecule has 0 spiro atoms. The van der Waals surface area contributed by atoms with E-state index in [1.165, 1.54) is 37.7 Å². The summed E-state index contributed by atoms with van der Waals surface area (Å²) in [6.07, 6.45) is 7.71. The normalized spacial score (nSPS) is 16.3. The average molecular weight is 276 g/mol. The van der Waals surface area contributed by atoms with Gasteiger partial charge in [0, 0.05) is 18.3 Å². The molecule has 0 bridgehead atoms. The van der Waals surface area contributed by atoms with E-state index >= 15 is 0 Å². The van der Waals surface area contributed by atoms with Crippen LogP contribution in [0.25, 0.3) is 0 Å². The lowest BCUT2D eigenvalue weighted by atomic mass is 9.90. The minimum atomic E-state index is 0.730. The first-order valence-corrected chi connectivity index (χ1v) is 8.15. The van der Waals surface area contributed by atoms with Crippen LogP contribution in [-0.4, -0.2) is 18.1 Å². The van der Waals surface area contributed by atoms with E-state index in [2.05, 4.69) is 36.3 Å². The summed E-state index contributed by atoms with van der Waals surface area (Å²) < 4.78 is 5.97. The molecule has 0 atom stereocenters.